The molecule has 4 aromatic rings. The summed E-state index contributed by atoms with van der Waals surface area (Å²) < 4.78 is 11.2. The molecule has 0 spiro atoms. The second-order valence-corrected chi connectivity index (χ2v) is 7.92. The highest BCUT2D eigenvalue weighted by atomic mass is 16.5. The van der Waals surface area contributed by atoms with Crippen LogP contribution in [0.5, 0.6) is 11.5 Å². The molecule has 0 aliphatic rings. The van der Waals surface area contributed by atoms with Crippen molar-refractivity contribution in [3.8, 4) is 22.8 Å². The summed E-state index contributed by atoms with van der Waals surface area (Å²) in [5.41, 5.74) is 6.90. The maximum atomic E-state index is 13.3. The van der Waals surface area contributed by atoms with Gasteiger partial charge in [-0.15, -0.1) is 0 Å². The van der Waals surface area contributed by atoms with Crippen LogP contribution in [0, 0.1) is 27.7 Å². The van der Waals surface area contributed by atoms with Gasteiger partial charge in [-0.3, -0.25) is 0 Å². The Kier molecular flexibility index (Phi) is 5.47. The van der Waals surface area contributed by atoms with Gasteiger partial charge in [0, 0.05) is 10.9 Å². The standard InChI is InChI=1S/C27H25NO3/c1-16-9-10-18(3)25(13-16)31-27(29)23-15-24(20-7-6-8-21(14-20)30-5)28-26-19(4)11-17(2)12-22(23)26/h6-15H,1-5H3. The lowest BCUT2D eigenvalue weighted by molar-refractivity contribution is 0.0735. The number of pyridine rings is 1. The van der Waals surface area contributed by atoms with E-state index in [-0.39, 0.29) is 0 Å². The minimum Gasteiger partial charge on any atom is -0.497 e. The molecule has 0 amide bonds. The van der Waals surface area contributed by atoms with Gasteiger partial charge in [0.25, 0.3) is 0 Å². The van der Waals surface area contributed by atoms with Crippen LogP contribution in [0.2, 0.25) is 0 Å². The van der Waals surface area contributed by atoms with Crippen LogP contribution in [-0.4, -0.2) is 18.1 Å². The van der Waals surface area contributed by atoms with E-state index in [0.29, 0.717) is 17.0 Å². The molecule has 3 aromatic carbocycles. The molecule has 1 heterocycles. The summed E-state index contributed by atoms with van der Waals surface area (Å²) in [7, 11) is 1.63. The molecule has 0 aliphatic carbocycles. The Morgan fingerprint density at radius 1 is 0.839 bits per heavy atom. The van der Waals surface area contributed by atoms with Crippen molar-refractivity contribution in [2.75, 3.05) is 7.11 Å². The number of fused-ring (bicyclic) bond motifs is 1. The fourth-order valence-electron chi connectivity index (χ4n) is 3.75. The van der Waals surface area contributed by atoms with E-state index in [1.165, 1.54) is 0 Å². The Morgan fingerprint density at radius 3 is 2.42 bits per heavy atom. The Labute approximate surface area is 182 Å². The van der Waals surface area contributed by atoms with Crippen LogP contribution >= 0.6 is 0 Å². The number of hydrogen-bond donors (Lipinski definition) is 0. The van der Waals surface area contributed by atoms with Gasteiger partial charge in [-0.2, -0.15) is 0 Å². The van der Waals surface area contributed by atoms with Crippen molar-refractivity contribution in [1.29, 1.82) is 0 Å². The van der Waals surface area contributed by atoms with Crippen molar-refractivity contribution in [1.82, 2.24) is 4.98 Å². The van der Waals surface area contributed by atoms with E-state index in [0.717, 1.165) is 44.5 Å². The molecule has 31 heavy (non-hydrogen) atoms. The highest BCUT2D eigenvalue weighted by Gasteiger charge is 2.18. The summed E-state index contributed by atoms with van der Waals surface area (Å²) in [5.74, 6) is 0.914. The number of carbonyl (C=O) groups excluding carboxylic acids is 1. The largest absolute Gasteiger partial charge is 0.497 e. The Balaban J connectivity index is 1.89. The van der Waals surface area contributed by atoms with Gasteiger partial charge in [-0.1, -0.05) is 35.9 Å². The lowest BCUT2D eigenvalue weighted by Gasteiger charge is -2.14. The van der Waals surface area contributed by atoms with Crippen molar-refractivity contribution in [2.45, 2.75) is 27.7 Å². The number of rotatable bonds is 4. The first-order valence-electron chi connectivity index (χ1n) is 10.2. The van der Waals surface area contributed by atoms with Gasteiger partial charge in [0.1, 0.15) is 11.5 Å². The van der Waals surface area contributed by atoms with Crippen LogP contribution in [0.4, 0.5) is 0 Å². The third-order valence-electron chi connectivity index (χ3n) is 5.38. The molecular weight excluding hydrogens is 386 g/mol. The number of aryl methyl sites for hydroxylation is 4. The second-order valence-electron chi connectivity index (χ2n) is 7.92. The van der Waals surface area contributed by atoms with Crippen molar-refractivity contribution >= 4 is 16.9 Å². The maximum Gasteiger partial charge on any atom is 0.344 e. The molecule has 0 radical (unpaired) electrons. The fourth-order valence-corrected chi connectivity index (χ4v) is 3.75. The number of hydrogen-bond acceptors (Lipinski definition) is 4. The van der Waals surface area contributed by atoms with Crippen LogP contribution in [0.15, 0.2) is 60.7 Å². The van der Waals surface area contributed by atoms with E-state index in [1.807, 2.05) is 82.3 Å². The fraction of sp³-hybridized carbons (Fsp3) is 0.185. The molecule has 0 atom stereocenters. The summed E-state index contributed by atoms with van der Waals surface area (Å²) in [6, 6.07) is 19.4. The zero-order valence-corrected chi connectivity index (χ0v) is 18.4. The number of nitrogens with zero attached hydrogens (tertiary/aromatic N) is 1. The number of methoxy groups -OCH3 is 1. The minimum atomic E-state index is -0.393. The van der Waals surface area contributed by atoms with E-state index >= 15 is 0 Å². The van der Waals surface area contributed by atoms with E-state index in [9.17, 15) is 4.79 Å². The summed E-state index contributed by atoms with van der Waals surface area (Å²) in [6.07, 6.45) is 0. The van der Waals surface area contributed by atoms with Gasteiger partial charge in [-0.05, 0) is 74.7 Å². The Morgan fingerprint density at radius 2 is 1.65 bits per heavy atom. The molecule has 0 saturated heterocycles. The van der Waals surface area contributed by atoms with Crippen molar-refractivity contribution < 1.29 is 14.3 Å². The smallest absolute Gasteiger partial charge is 0.344 e. The highest BCUT2D eigenvalue weighted by molar-refractivity contribution is 6.06. The molecule has 4 nitrogen and oxygen atoms in total. The molecule has 0 saturated carbocycles. The topological polar surface area (TPSA) is 48.4 Å². The maximum absolute atomic E-state index is 13.3. The minimum absolute atomic E-state index is 0.393. The van der Waals surface area contributed by atoms with Crippen molar-refractivity contribution in [3.63, 3.8) is 0 Å². The van der Waals surface area contributed by atoms with Crippen LogP contribution in [0.3, 0.4) is 0 Å². The van der Waals surface area contributed by atoms with Crippen molar-refractivity contribution in [2.24, 2.45) is 0 Å². The van der Waals surface area contributed by atoms with Gasteiger partial charge >= 0.3 is 5.97 Å². The molecule has 4 rings (SSSR count). The molecule has 0 fully saturated rings. The van der Waals surface area contributed by atoms with Crippen molar-refractivity contribution in [3.05, 3.63) is 88.5 Å². The normalized spacial score (nSPS) is 10.9. The van der Waals surface area contributed by atoms with Gasteiger partial charge in [0.05, 0.1) is 23.9 Å². The van der Waals surface area contributed by atoms with Gasteiger partial charge < -0.3 is 9.47 Å². The SMILES string of the molecule is COc1cccc(-c2cc(C(=O)Oc3cc(C)ccc3C)c3cc(C)cc(C)c3n2)c1. The van der Waals surface area contributed by atoms with Crippen LogP contribution in [-0.2, 0) is 0 Å². The Bertz CT molecular complexity index is 1310. The summed E-state index contributed by atoms with van der Waals surface area (Å²) in [4.78, 5) is 18.2. The van der Waals surface area contributed by atoms with E-state index in [1.54, 1.807) is 7.11 Å². The van der Waals surface area contributed by atoms with Crippen LogP contribution in [0.25, 0.3) is 22.2 Å². The first-order valence-corrected chi connectivity index (χ1v) is 10.2. The lowest BCUT2D eigenvalue weighted by Crippen LogP contribution is -2.11. The number of benzene rings is 3. The molecule has 0 unspecified atom stereocenters. The first kappa shape index (κ1) is 20.6. The van der Waals surface area contributed by atoms with Gasteiger partial charge in [-0.25, -0.2) is 9.78 Å². The molecule has 0 bridgehead atoms. The zero-order chi connectivity index (χ0) is 22.1. The monoisotopic (exact) mass is 411 g/mol. The predicted molar refractivity (Wildman–Crippen MR) is 124 cm³/mol. The van der Waals surface area contributed by atoms with Gasteiger partial charge in [0.15, 0.2) is 0 Å². The lowest BCUT2D eigenvalue weighted by atomic mass is 9.99. The average molecular weight is 412 g/mol. The molecule has 4 heteroatoms. The summed E-state index contributed by atoms with van der Waals surface area (Å²) in [5, 5.41) is 0.791. The number of ether oxygens (including phenoxy) is 2. The molecule has 0 N–H and O–H groups in total. The molecular formula is C27H25NO3. The van der Waals surface area contributed by atoms with Crippen LogP contribution in [0.1, 0.15) is 32.6 Å². The van der Waals surface area contributed by atoms with Gasteiger partial charge in [0.2, 0.25) is 0 Å². The first-order chi connectivity index (χ1) is 14.9. The highest BCUT2D eigenvalue weighted by Crippen LogP contribution is 2.30. The molecule has 156 valence electrons. The number of aromatic nitrogens is 1. The average Bonchev–Trinajstić information content (AvgIpc) is 2.75. The molecule has 0 aliphatic heterocycles. The molecule has 1 aromatic heterocycles. The quantitative estimate of drug-likeness (QED) is 0.289. The third kappa shape index (κ3) is 4.15. The Hall–Kier alpha value is -3.66. The summed E-state index contributed by atoms with van der Waals surface area (Å²) >= 11 is 0. The zero-order valence-electron chi connectivity index (χ0n) is 18.4. The third-order valence-corrected chi connectivity index (χ3v) is 5.38. The summed E-state index contributed by atoms with van der Waals surface area (Å²) in [6.45, 7) is 7.94. The number of carbonyl (C=O) groups is 1. The van der Waals surface area contributed by atoms with E-state index in [2.05, 4.69) is 6.07 Å². The van der Waals surface area contributed by atoms with E-state index in [4.69, 9.17) is 14.5 Å². The van der Waals surface area contributed by atoms with Crippen LogP contribution < -0.4 is 9.47 Å². The second kappa shape index (κ2) is 8.23. The predicted octanol–water partition coefficient (Wildman–Crippen LogP) is 6.36. The van der Waals surface area contributed by atoms with E-state index < -0.39 is 5.97 Å². The number of esters is 1.